The number of ketones is 1. The highest BCUT2D eigenvalue weighted by molar-refractivity contribution is 6.02. The number of aromatic nitrogens is 1. The van der Waals surface area contributed by atoms with Gasteiger partial charge < -0.3 is 47.5 Å². The number of nitrogens with zero attached hydrogens (tertiary/aromatic N) is 1. The molecular formula is C47H63N9O8. The number of aromatic amines is 1. The first kappa shape index (κ1) is 47.2. The highest BCUT2D eigenvalue weighted by atomic mass is 16.2. The van der Waals surface area contributed by atoms with Crippen LogP contribution in [0.5, 0.6) is 0 Å². The van der Waals surface area contributed by atoms with Crippen molar-refractivity contribution in [2.75, 3.05) is 19.6 Å². The molecule has 2 aromatic carbocycles. The van der Waals surface area contributed by atoms with Crippen LogP contribution in [0.2, 0.25) is 0 Å². The van der Waals surface area contributed by atoms with Gasteiger partial charge in [-0.3, -0.25) is 33.6 Å². The number of hydrogen-bond donors (Lipinski definition) is 8. The van der Waals surface area contributed by atoms with E-state index in [9.17, 15) is 38.4 Å². The van der Waals surface area contributed by atoms with E-state index in [4.69, 9.17) is 5.73 Å². The van der Waals surface area contributed by atoms with E-state index in [1.54, 1.807) is 6.20 Å². The lowest BCUT2D eigenvalue weighted by Crippen LogP contribution is -2.60. The molecule has 17 nitrogen and oxygen atoms in total. The van der Waals surface area contributed by atoms with Gasteiger partial charge in [0, 0.05) is 43.2 Å². The topological polar surface area (TPSA) is 254 Å². The Bertz CT molecular complexity index is 2140. The number of nitrogens with two attached hydrogens (primary N) is 1. The molecule has 3 aromatic rings. The van der Waals surface area contributed by atoms with Crippen LogP contribution < -0.4 is 37.6 Å². The van der Waals surface area contributed by atoms with Crippen molar-refractivity contribution in [1.29, 1.82) is 0 Å². The third kappa shape index (κ3) is 12.9. The molecule has 6 atom stereocenters. The van der Waals surface area contributed by atoms with Crippen LogP contribution in [0.3, 0.4) is 0 Å². The lowest BCUT2D eigenvalue weighted by molar-refractivity contribution is -0.143. The van der Waals surface area contributed by atoms with Crippen molar-refractivity contribution in [3.05, 3.63) is 71.9 Å². The number of fused-ring (bicyclic) bond motifs is 2. The molecule has 0 radical (unpaired) electrons. The minimum atomic E-state index is -1.16. The predicted octanol–water partition coefficient (Wildman–Crippen LogP) is 2.42. The van der Waals surface area contributed by atoms with Crippen LogP contribution in [-0.2, 0) is 46.4 Å². The Kier molecular flexibility index (Phi) is 16.9. The molecule has 3 fully saturated rings. The number of benzene rings is 2. The number of urea groups is 1. The van der Waals surface area contributed by atoms with E-state index < -0.39 is 77.6 Å². The molecule has 64 heavy (non-hydrogen) atoms. The number of primary amides is 1. The number of para-hydroxylation sites is 1. The summed E-state index contributed by atoms with van der Waals surface area (Å²) in [4.78, 5) is 115. The maximum absolute atomic E-state index is 14.6. The number of carbonyl (C=O) groups is 8. The summed E-state index contributed by atoms with van der Waals surface area (Å²) in [5, 5.41) is 17.8. The molecule has 8 amide bonds. The quantitative estimate of drug-likeness (QED) is 0.0933. The van der Waals surface area contributed by atoms with Crippen LogP contribution in [0, 0.1) is 11.8 Å². The molecule has 0 bridgehead atoms. The third-order valence-corrected chi connectivity index (χ3v) is 12.8. The van der Waals surface area contributed by atoms with Gasteiger partial charge in [-0.05, 0) is 81.4 Å². The second-order valence-electron chi connectivity index (χ2n) is 17.5. The van der Waals surface area contributed by atoms with E-state index in [-0.39, 0.29) is 69.9 Å². The van der Waals surface area contributed by atoms with Gasteiger partial charge in [0.05, 0.1) is 0 Å². The zero-order chi connectivity index (χ0) is 45.6. The normalized spacial score (nSPS) is 23.7. The van der Waals surface area contributed by atoms with E-state index in [0.717, 1.165) is 54.1 Å². The van der Waals surface area contributed by atoms with Gasteiger partial charge in [0.1, 0.15) is 41.9 Å². The average Bonchev–Trinajstić information content (AvgIpc) is 3.95. The van der Waals surface area contributed by atoms with Crippen LogP contribution in [0.1, 0.15) is 95.1 Å². The van der Waals surface area contributed by atoms with Crippen LogP contribution in [0.4, 0.5) is 4.79 Å². The Morgan fingerprint density at radius 3 is 2.23 bits per heavy atom. The van der Waals surface area contributed by atoms with E-state index in [0.29, 0.717) is 19.3 Å². The first-order valence-electron chi connectivity index (χ1n) is 22.8. The van der Waals surface area contributed by atoms with E-state index in [1.807, 2.05) is 54.6 Å². The van der Waals surface area contributed by atoms with Gasteiger partial charge in [-0.15, -0.1) is 0 Å². The summed E-state index contributed by atoms with van der Waals surface area (Å²) in [5.74, 6) is -4.65. The van der Waals surface area contributed by atoms with Gasteiger partial charge in [0.2, 0.25) is 35.4 Å². The van der Waals surface area contributed by atoms with E-state index >= 15 is 0 Å². The van der Waals surface area contributed by atoms with Gasteiger partial charge >= 0.3 is 6.03 Å². The molecular weight excluding hydrogens is 819 g/mol. The fourth-order valence-electron chi connectivity index (χ4n) is 9.26. The maximum Gasteiger partial charge on any atom is 0.312 e. The molecule has 0 spiro atoms. The number of hydrogen-bond acceptors (Lipinski definition) is 8. The second kappa shape index (κ2) is 22.9. The van der Waals surface area contributed by atoms with Crippen molar-refractivity contribution in [1.82, 2.24) is 41.8 Å². The highest BCUT2D eigenvalue weighted by Crippen LogP contribution is 2.28. The smallest absolute Gasteiger partial charge is 0.312 e. The Balaban J connectivity index is 1.31. The van der Waals surface area contributed by atoms with Crippen molar-refractivity contribution in [3.63, 3.8) is 0 Å². The molecule has 1 aromatic heterocycles. The number of rotatable bonds is 13. The van der Waals surface area contributed by atoms with Gasteiger partial charge in [-0.2, -0.15) is 0 Å². The van der Waals surface area contributed by atoms with Crippen LogP contribution in [0.15, 0.2) is 60.8 Å². The number of Topliss-reactive ketones (excluding diaryl/α,β-unsaturated/α-hetero) is 1. The Labute approximate surface area is 373 Å². The zero-order valence-electron chi connectivity index (χ0n) is 36.6. The van der Waals surface area contributed by atoms with Crippen molar-refractivity contribution >= 4 is 58.2 Å². The molecule has 344 valence electrons. The molecule has 17 heteroatoms. The Morgan fingerprint density at radius 2 is 1.48 bits per heavy atom. The first-order valence-corrected chi connectivity index (χ1v) is 22.8. The fraction of sp³-hybridized carbons (Fsp3) is 0.532. The van der Waals surface area contributed by atoms with Gasteiger partial charge in [0.25, 0.3) is 0 Å². The molecule has 6 rings (SSSR count). The summed E-state index contributed by atoms with van der Waals surface area (Å²) < 4.78 is 0. The van der Waals surface area contributed by atoms with Crippen LogP contribution in [0.25, 0.3) is 10.9 Å². The van der Waals surface area contributed by atoms with Gasteiger partial charge in [-0.1, -0.05) is 80.6 Å². The molecule has 3 heterocycles. The summed E-state index contributed by atoms with van der Waals surface area (Å²) in [7, 11) is 0. The van der Waals surface area contributed by atoms with Crippen molar-refractivity contribution in [3.8, 4) is 0 Å². The summed E-state index contributed by atoms with van der Waals surface area (Å²) in [6, 6.07) is 10.5. The van der Waals surface area contributed by atoms with Crippen molar-refractivity contribution in [2.45, 2.75) is 127 Å². The first-order chi connectivity index (χ1) is 30.9. The van der Waals surface area contributed by atoms with Crippen LogP contribution >= 0.6 is 0 Å². The maximum atomic E-state index is 14.6. The van der Waals surface area contributed by atoms with E-state index in [2.05, 4.69) is 36.9 Å². The monoisotopic (exact) mass is 881 g/mol. The molecule has 2 aliphatic heterocycles. The van der Waals surface area contributed by atoms with Gasteiger partial charge in [0.15, 0.2) is 0 Å². The molecule has 9 N–H and O–H groups in total. The minimum absolute atomic E-state index is 0.0484. The molecule has 3 aliphatic rings. The van der Waals surface area contributed by atoms with Gasteiger partial charge in [-0.25, -0.2) is 4.79 Å². The summed E-state index contributed by atoms with van der Waals surface area (Å²) in [5.41, 5.74) is 7.65. The minimum Gasteiger partial charge on any atom is -0.361 e. The van der Waals surface area contributed by atoms with Crippen molar-refractivity contribution in [2.24, 2.45) is 17.6 Å². The molecule has 1 saturated carbocycles. The van der Waals surface area contributed by atoms with Crippen molar-refractivity contribution < 1.29 is 38.4 Å². The molecule has 0 unspecified atom stereocenters. The molecule has 2 saturated heterocycles. The third-order valence-electron chi connectivity index (χ3n) is 12.8. The van der Waals surface area contributed by atoms with E-state index in [1.165, 1.54) is 11.8 Å². The predicted molar refractivity (Wildman–Crippen MR) is 239 cm³/mol. The standard InChI is InChI=1S/C47H63N9O8/c1-29(57)34(25-30-13-4-2-5-14-30)41(58)53-37-20-11-22-49-42(59)36(19-10-23-50-47(48)64)52-44(61)39(27-32-28-51-35-18-9-8-17-33(32)35)54-43(60)38(26-31-15-6-3-7-16-31)55-45(62)40-21-12-24-56(40)46(37)63/h2,4-5,8-9,13-14,17-18,28,31,34,36-40,51H,3,6-7,10-12,15-16,19-27H2,1H3,(H,49,59)(H,52,61)(H,53,58)(H,54,60)(H,55,62)(H3,48,50,64)/t34-,36-,37-,38-,39-,40-/m0/s1. The zero-order valence-corrected chi connectivity index (χ0v) is 36.6. The number of carbonyl (C=O) groups excluding carboxylic acids is 8. The fourth-order valence-corrected chi connectivity index (χ4v) is 9.26. The number of amides is 8. The largest absolute Gasteiger partial charge is 0.361 e. The SMILES string of the molecule is CC(=O)[C@H](Cc1ccccc1)C(=O)N[C@H]1CCCNC(=O)[C@H](CCCNC(N)=O)NC(=O)[C@H](Cc2c[nH]c3ccccc23)NC(=O)[C@H](CC2CCCCC2)NC(=O)[C@@H]2CCCN2C1=O. The molecule has 1 aliphatic carbocycles. The number of H-pyrrole nitrogens is 1. The summed E-state index contributed by atoms with van der Waals surface area (Å²) in [6.07, 6.45) is 8.60. The Morgan fingerprint density at radius 1 is 0.781 bits per heavy atom. The summed E-state index contributed by atoms with van der Waals surface area (Å²) in [6.45, 7) is 1.75. The second-order valence-corrected chi connectivity index (χ2v) is 17.5. The lowest BCUT2D eigenvalue weighted by atomic mass is 9.84. The Hall–Kier alpha value is -6.26. The average molecular weight is 882 g/mol. The summed E-state index contributed by atoms with van der Waals surface area (Å²) >= 11 is 0. The lowest BCUT2D eigenvalue weighted by Gasteiger charge is -2.32. The highest BCUT2D eigenvalue weighted by Gasteiger charge is 2.41. The van der Waals surface area contributed by atoms with Crippen LogP contribution in [-0.4, -0.2) is 107 Å². The number of nitrogens with one attached hydrogen (secondary N) is 7.